The summed E-state index contributed by atoms with van der Waals surface area (Å²) in [4.78, 5) is 23.8. The van der Waals surface area contributed by atoms with Crippen molar-refractivity contribution < 1.29 is 14.3 Å². The van der Waals surface area contributed by atoms with Crippen molar-refractivity contribution in [2.75, 3.05) is 27.2 Å². The maximum atomic E-state index is 12.1. The van der Waals surface area contributed by atoms with Crippen molar-refractivity contribution in [3.8, 4) is 0 Å². The molecular formula is C15H31N3O3. The van der Waals surface area contributed by atoms with E-state index < -0.39 is 6.04 Å². The van der Waals surface area contributed by atoms with Gasteiger partial charge in [-0.25, -0.2) is 0 Å². The van der Waals surface area contributed by atoms with Crippen LogP contribution >= 0.6 is 0 Å². The molecule has 5 N–H and O–H groups in total. The molecule has 21 heavy (non-hydrogen) atoms. The van der Waals surface area contributed by atoms with Gasteiger partial charge in [0.05, 0.1) is 19.1 Å². The molecule has 0 aromatic rings. The topological polar surface area (TPSA) is 107 Å². The summed E-state index contributed by atoms with van der Waals surface area (Å²) < 4.78 is 4.78. The fourth-order valence-corrected chi connectivity index (χ4v) is 2.23. The second-order valence-corrected chi connectivity index (χ2v) is 5.38. The lowest BCUT2D eigenvalue weighted by Gasteiger charge is -2.16. The van der Waals surface area contributed by atoms with E-state index in [4.69, 9.17) is 16.2 Å². The van der Waals surface area contributed by atoms with Gasteiger partial charge < -0.3 is 21.5 Å². The van der Waals surface area contributed by atoms with Crippen molar-refractivity contribution in [3.05, 3.63) is 0 Å². The van der Waals surface area contributed by atoms with Crippen LogP contribution in [-0.4, -0.2) is 45.0 Å². The second kappa shape index (κ2) is 12.7. The summed E-state index contributed by atoms with van der Waals surface area (Å²) in [5.74, 6) is -0.752. The van der Waals surface area contributed by atoms with Crippen molar-refractivity contribution in [2.24, 2.45) is 17.4 Å². The van der Waals surface area contributed by atoms with Crippen LogP contribution in [0.5, 0.6) is 0 Å². The number of hydrogen-bond donors (Lipinski definition) is 3. The summed E-state index contributed by atoms with van der Waals surface area (Å²) >= 11 is 0. The summed E-state index contributed by atoms with van der Waals surface area (Å²) in [5.41, 5.74) is 11.3. The average molecular weight is 301 g/mol. The first-order valence-corrected chi connectivity index (χ1v) is 7.77. The SMILES string of the molecule is CNCCCC[C@H](CC(=O)[C@@H](N)CCCCN)C(=O)OC. The van der Waals surface area contributed by atoms with Gasteiger partial charge in [0.25, 0.3) is 0 Å². The molecule has 0 radical (unpaired) electrons. The number of nitrogens with one attached hydrogen (secondary N) is 1. The van der Waals surface area contributed by atoms with Gasteiger partial charge in [-0.15, -0.1) is 0 Å². The Morgan fingerprint density at radius 2 is 1.81 bits per heavy atom. The Kier molecular flexibility index (Phi) is 12.1. The van der Waals surface area contributed by atoms with Crippen LogP contribution in [0.3, 0.4) is 0 Å². The van der Waals surface area contributed by atoms with Crippen molar-refractivity contribution in [1.29, 1.82) is 0 Å². The summed E-state index contributed by atoms with van der Waals surface area (Å²) in [5, 5.41) is 3.06. The van der Waals surface area contributed by atoms with E-state index in [0.717, 1.165) is 32.2 Å². The van der Waals surface area contributed by atoms with Crippen molar-refractivity contribution >= 4 is 11.8 Å². The number of ketones is 1. The van der Waals surface area contributed by atoms with Crippen LogP contribution in [0.4, 0.5) is 0 Å². The van der Waals surface area contributed by atoms with Crippen molar-refractivity contribution in [3.63, 3.8) is 0 Å². The number of hydrogen-bond acceptors (Lipinski definition) is 6. The van der Waals surface area contributed by atoms with Gasteiger partial charge in [0, 0.05) is 6.42 Å². The van der Waals surface area contributed by atoms with Crippen LogP contribution in [-0.2, 0) is 14.3 Å². The molecular weight excluding hydrogens is 270 g/mol. The third-order valence-electron chi connectivity index (χ3n) is 3.59. The largest absolute Gasteiger partial charge is 0.469 e. The maximum absolute atomic E-state index is 12.1. The molecule has 2 atom stereocenters. The first-order valence-electron chi connectivity index (χ1n) is 7.77. The van der Waals surface area contributed by atoms with Crippen LogP contribution in [0, 0.1) is 5.92 Å². The molecule has 0 aliphatic rings. The molecule has 0 unspecified atom stereocenters. The molecule has 0 aliphatic carbocycles. The highest BCUT2D eigenvalue weighted by Crippen LogP contribution is 2.17. The Balaban J connectivity index is 4.24. The minimum Gasteiger partial charge on any atom is -0.469 e. The zero-order chi connectivity index (χ0) is 16.1. The number of rotatable bonds is 13. The number of methoxy groups -OCH3 is 1. The standard InChI is InChI=1S/C15H31N3O3/c1-18-10-6-4-7-12(15(20)21-2)11-14(19)13(17)8-3-5-9-16/h12-13,18H,3-11,16-17H2,1-2H3/t12-,13+/m1/s1. The molecule has 0 fully saturated rings. The van der Waals surface area contributed by atoms with Crippen molar-refractivity contribution in [1.82, 2.24) is 5.32 Å². The number of esters is 1. The summed E-state index contributed by atoms with van der Waals surface area (Å²) in [6.07, 6.45) is 5.03. The predicted octanol–water partition coefficient (Wildman–Crippen LogP) is 0.581. The predicted molar refractivity (Wildman–Crippen MR) is 83.8 cm³/mol. The molecule has 0 saturated heterocycles. The van der Waals surface area contributed by atoms with E-state index in [1.807, 2.05) is 7.05 Å². The van der Waals surface area contributed by atoms with E-state index in [1.54, 1.807) is 0 Å². The molecule has 0 aliphatic heterocycles. The lowest BCUT2D eigenvalue weighted by molar-refractivity contribution is -0.147. The maximum Gasteiger partial charge on any atom is 0.309 e. The van der Waals surface area contributed by atoms with Crippen LogP contribution in [0.15, 0.2) is 0 Å². The first-order chi connectivity index (χ1) is 10.1. The number of carbonyl (C=O) groups excluding carboxylic acids is 2. The number of unbranched alkanes of at least 4 members (excludes halogenated alkanes) is 2. The molecule has 6 heteroatoms. The molecule has 0 aromatic heterocycles. The monoisotopic (exact) mass is 301 g/mol. The number of ether oxygens (including phenoxy) is 1. The molecule has 124 valence electrons. The Morgan fingerprint density at radius 3 is 2.38 bits per heavy atom. The Labute approximate surface area is 128 Å². The van der Waals surface area contributed by atoms with Gasteiger partial charge >= 0.3 is 5.97 Å². The van der Waals surface area contributed by atoms with E-state index in [0.29, 0.717) is 19.4 Å². The van der Waals surface area contributed by atoms with Gasteiger partial charge in [0.15, 0.2) is 0 Å². The summed E-state index contributed by atoms with van der Waals surface area (Å²) in [7, 11) is 3.25. The number of Topliss-reactive ketones (excluding diaryl/α,β-unsaturated/α-hetero) is 1. The molecule has 0 rings (SSSR count). The normalized spacial score (nSPS) is 13.7. The minimum atomic E-state index is -0.499. The summed E-state index contributed by atoms with van der Waals surface area (Å²) in [6.45, 7) is 1.51. The van der Waals surface area contributed by atoms with Crippen LogP contribution in [0.25, 0.3) is 0 Å². The smallest absolute Gasteiger partial charge is 0.309 e. The number of nitrogens with two attached hydrogens (primary N) is 2. The Hall–Kier alpha value is -0.980. The van der Waals surface area contributed by atoms with Gasteiger partial charge in [-0.3, -0.25) is 9.59 Å². The second-order valence-electron chi connectivity index (χ2n) is 5.38. The van der Waals surface area contributed by atoms with Crippen LogP contribution in [0.1, 0.15) is 44.9 Å². The molecule has 0 spiro atoms. The molecule has 0 bridgehead atoms. The molecule has 6 nitrogen and oxygen atoms in total. The van der Waals surface area contributed by atoms with Crippen LogP contribution < -0.4 is 16.8 Å². The van der Waals surface area contributed by atoms with E-state index in [2.05, 4.69) is 5.32 Å². The summed E-state index contributed by atoms with van der Waals surface area (Å²) in [6, 6.07) is -0.499. The zero-order valence-electron chi connectivity index (χ0n) is 13.4. The van der Waals surface area contributed by atoms with E-state index in [1.165, 1.54) is 7.11 Å². The number of carbonyl (C=O) groups is 2. The lowest BCUT2D eigenvalue weighted by Crippen LogP contribution is -2.33. The molecule has 0 aromatic carbocycles. The van der Waals surface area contributed by atoms with Gasteiger partial charge in [-0.1, -0.05) is 12.8 Å². The highest BCUT2D eigenvalue weighted by molar-refractivity contribution is 5.88. The van der Waals surface area contributed by atoms with Gasteiger partial charge in [0.1, 0.15) is 5.78 Å². The third kappa shape index (κ3) is 9.55. The minimum absolute atomic E-state index is 0.0592. The Bertz CT molecular complexity index is 298. The van der Waals surface area contributed by atoms with E-state index in [9.17, 15) is 9.59 Å². The third-order valence-corrected chi connectivity index (χ3v) is 3.59. The van der Waals surface area contributed by atoms with E-state index >= 15 is 0 Å². The fourth-order valence-electron chi connectivity index (χ4n) is 2.23. The quantitative estimate of drug-likeness (QED) is 0.339. The Morgan fingerprint density at radius 1 is 1.14 bits per heavy atom. The van der Waals surface area contributed by atoms with Gasteiger partial charge in [0.2, 0.25) is 0 Å². The first kappa shape index (κ1) is 20.0. The lowest BCUT2D eigenvalue weighted by atomic mass is 9.92. The zero-order valence-corrected chi connectivity index (χ0v) is 13.4. The fraction of sp³-hybridized carbons (Fsp3) is 0.867. The highest BCUT2D eigenvalue weighted by Gasteiger charge is 2.24. The van der Waals surface area contributed by atoms with Crippen LogP contribution in [0.2, 0.25) is 0 Å². The molecule has 0 heterocycles. The highest BCUT2D eigenvalue weighted by atomic mass is 16.5. The molecule has 0 amide bonds. The van der Waals surface area contributed by atoms with Crippen molar-refractivity contribution in [2.45, 2.75) is 51.0 Å². The van der Waals surface area contributed by atoms with Gasteiger partial charge in [-0.05, 0) is 45.8 Å². The molecule has 0 saturated carbocycles. The average Bonchev–Trinajstić information content (AvgIpc) is 2.49. The van der Waals surface area contributed by atoms with E-state index in [-0.39, 0.29) is 24.1 Å². The van der Waals surface area contributed by atoms with Gasteiger partial charge in [-0.2, -0.15) is 0 Å².